The number of para-hydroxylation sites is 1. The number of methoxy groups -OCH3 is 1. The first-order chi connectivity index (χ1) is 8.72. The van der Waals surface area contributed by atoms with E-state index in [9.17, 15) is 0 Å². The Labute approximate surface area is 110 Å². The monoisotopic (exact) mass is 248 g/mol. The molecule has 1 aliphatic carbocycles. The summed E-state index contributed by atoms with van der Waals surface area (Å²) in [5.74, 6) is 2.33. The zero-order valence-corrected chi connectivity index (χ0v) is 11.4. The van der Waals surface area contributed by atoms with Crippen LogP contribution in [0.1, 0.15) is 32.6 Å². The van der Waals surface area contributed by atoms with Crippen molar-refractivity contribution in [2.45, 2.75) is 32.6 Å². The average Bonchev–Trinajstić information content (AvgIpc) is 2.39. The molecular formula is C15H24N2O. The van der Waals surface area contributed by atoms with Gasteiger partial charge in [0.05, 0.1) is 18.5 Å². The third kappa shape index (κ3) is 2.89. The summed E-state index contributed by atoms with van der Waals surface area (Å²) in [6.07, 6.45) is 5.45. The van der Waals surface area contributed by atoms with Gasteiger partial charge in [0.2, 0.25) is 0 Å². The van der Waals surface area contributed by atoms with E-state index in [4.69, 9.17) is 10.5 Å². The Bertz CT molecular complexity index is 392. The summed E-state index contributed by atoms with van der Waals surface area (Å²) in [7, 11) is 1.65. The van der Waals surface area contributed by atoms with Crippen LogP contribution >= 0.6 is 0 Å². The van der Waals surface area contributed by atoms with Crippen molar-refractivity contribution in [1.29, 1.82) is 0 Å². The standard InChI is InChI=1S/C15H24N2O/c1-11-6-3-4-7-12(11)10-17-13-8-5-9-14(18-2)15(13)16/h5,8-9,11-12,17H,3-4,6-7,10,16H2,1-2H3. The van der Waals surface area contributed by atoms with E-state index in [0.29, 0.717) is 5.69 Å². The fourth-order valence-electron chi connectivity index (χ4n) is 2.81. The molecule has 0 amide bonds. The van der Waals surface area contributed by atoms with Gasteiger partial charge in [0.1, 0.15) is 5.75 Å². The molecule has 3 N–H and O–H groups in total. The first kappa shape index (κ1) is 13.1. The van der Waals surface area contributed by atoms with Crippen LogP contribution in [-0.2, 0) is 0 Å². The average molecular weight is 248 g/mol. The third-order valence-electron chi connectivity index (χ3n) is 4.13. The van der Waals surface area contributed by atoms with Gasteiger partial charge in [-0.1, -0.05) is 32.3 Å². The lowest BCUT2D eigenvalue weighted by Crippen LogP contribution is -2.24. The molecule has 3 nitrogen and oxygen atoms in total. The summed E-state index contributed by atoms with van der Waals surface area (Å²) in [5.41, 5.74) is 7.76. The van der Waals surface area contributed by atoms with Crippen LogP contribution in [0.5, 0.6) is 5.75 Å². The summed E-state index contributed by atoms with van der Waals surface area (Å²) in [4.78, 5) is 0. The maximum atomic E-state index is 6.06. The van der Waals surface area contributed by atoms with E-state index in [1.807, 2.05) is 18.2 Å². The predicted octanol–water partition coefficient (Wildman–Crippen LogP) is 3.52. The molecule has 0 saturated heterocycles. The van der Waals surface area contributed by atoms with Crippen molar-refractivity contribution in [3.63, 3.8) is 0 Å². The number of hydrogen-bond acceptors (Lipinski definition) is 3. The molecular weight excluding hydrogens is 224 g/mol. The highest BCUT2D eigenvalue weighted by molar-refractivity contribution is 5.72. The molecule has 0 aliphatic heterocycles. The van der Waals surface area contributed by atoms with Gasteiger partial charge in [-0.15, -0.1) is 0 Å². The molecule has 0 spiro atoms. The van der Waals surface area contributed by atoms with Crippen molar-refractivity contribution in [2.24, 2.45) is 11.8 Å². The summed E-state index contributed by atoms with van der Waals surface area (Å²) in [5, 5.41) is 3.48. The maximum absolute atomic E-state index is 6.06. The van der Waals surface area contributed by atoms with E-state index in [1.54, 1.807) is 7.11 Å². The molecule has 1 aliphatic rings. The zero-order chi connectivity index (χ0) is 13.0. The Morgan fingerprint density at radius 3 is 2.83 bits per heavy atom. The molecule has 1 saturated carbocycles. The van der Waals surface area contributed by atoms with Crippen molar-refractivity contribution < 1.29 is 4.74 Å². The number of benzene rings is 1. The van der Waals surface area contributed by atoms with Gasteiger partial charge in [-0.2, -0.15) is 0 Å². The Morgan fingerprint density at radius 1 is 1.33 bits per heavy atom. The topological polar surface area (TPSA) is 47.3 Å². The number of hydrogen-bond donors (Lipinski definition) is 2. The number of nitrogens with two attached hydrogens (primary N) is 1. The molecule has 2 unspecified atom stereocenters. The minimum atomic E-state index is 0.712. The number of rotatable bonds is 4. The van der Waals surface area contributed by atoms with Crippen molar-refractivity contribution >= 4 is 11.4 Å². The molecule has 0 heterocycles. The number of ether oxygens (including phenoxy) is 1. The Balaban J connectivity index is 1.97. The van der Waals surface area contributed by atoms with Gasteiger partial charge in [-0.3, -0.25) is 0 Å². The number of anilines is 2. The molecule has 0 bridgehead atoms. The van der Waals surface area contributed by atoms with Crippen LogP contribution in [0, 0.1) is 11.8 Å². The van der Waals surface area contributed by atoms with Crippen LogP contribution in [0.4, 0.5) is 11.4 Å². The maximum Gasteiger partial charge on any atom is 0.143 e. The smallest absolute Gasteiger partial charge is 0.143 e. The minimum Gasteiger partial charge on any atom is -0.495 e. The lowest BCUT2D eigenvalue weighted by atomic mass is 9.80. The van der Waals surface area contributed by atoms with Crippen molar-refractivity contribution in [3.8, 4) is 5.75 Å². The first-order valence-corrected chi connectivity index (χ1v) is 6.88. The predicted molar refractivity (Wildman–Crippen MR) is 77.0 cm³/mol. The normalized spacial score (nSPS) is 23.7. The van der Waals surface area contributed by atoms with Gasteiger partial charge in [0, 0.05) is 6.54 Å². The van der Waals surface area contributed by atoms with Crippen LogP contribution in [0.15, 0.2) is 18.2 Å². The third-order valence-corrected chi connectivity index (χ3v) is 4.13. The fraction of sp³-hybridized carbons (Fsp3) is 0.600. The van der Waals surface area contributed by atoms with Crippen molar-refractivity contribution in [1.82, 2.24) is 0 Å². The molecule has 1 aromatic rings. The Kier molecular flexibility index (Phi) is 4.34. The quantitative estimate of drug-likeness (QED) is 0.801. The molecule has 18 heavy (non-hydrogen) atoms. The SMILES string of the molecule is COc1cccc(NCC2CCCCC2C)c1N. The van der Waals surface area contributed by atoms with Crippen LogP contribution in [0.25, 0.3) is 0 Å². The second-order valence-electron chi connectivity index (χ2n) is 5.32. The largest absolute Gasteiger partial charge is 0.495 e. The van der Waals surface area contributed by atoms with Crippen LogP contribution in [0.3, 0.4) is 0 Å². The summed E-state index contributed by atoms with van der Waals surface area (Å²) < 4.78 is 5.23. The molecule has 1 fully saturated rings. The summed E-state index contributed by atoms with van der Waals surface area (Å²) in [6, 6.07) is 5.89. The number of nitrogen functional groups attached to an aromatic ring is 1. The first-order valence-electron chi connectivity index (χ1n) is 6.88. The highest BCUT2D eigenvalue weighted by Crippen LogP contribution is 2.32. The molecule has 100 valence electrons. The van der Waals surface area contributed by atoms with Crippen molar-refractivity contribution in [3.05, 3.63) is 18.2 Å². The van der Waals surface area contributed by atoms with Crippen LogP contribution in [-0.4, -0.2) is 13.7 Å². The second kappa shape index (κ2) is 5.98. The van der Waals surface area contributed by atoms with Gasteiger partial charge in [-0.05, 0) is 30.4 Å². The van der Waals surface area contributed by atoms with Gasteiger partial charge < -0.3 is 15.8 Å². The van der Waals surface area contributed by atoms with Crippen molar-refractivity contribution in [2.75, 3.05) is 24.7 Å². The lowest BCUT2D eigenvalue weighted by Gasteiger charge is -2.29. The van der Waals surface area contributed by atoms with E-state index in [2.05, 4.69) is 12.2 Å². The highest BCUT2D eigenvalue weighted by Gasteiger charge is 2.21. The molecule has 2 rings (SSSR count). The molecule has 1 aromatic carbocycles. The minimum absolute atomic E-state index is 0.712. The van der Waals surface area contributed by atoms with Gasteiger partial charge in [0.25, 0.3) is 0 Å². The van der Waals surface area contributed by atoms with Gasteiger partial charge >= 0.3 is 0 Å². The van der Waals surface area contributed by atoms with Gasteiger partial charge in [-0.25, -0.2) is 0 Å². The van der Waals surface area contributed by atoms with E-state index >= 15 is 0 Å². The molecule has 2 atom stereocenters. The van der Waals surface area contributed by atoms with Gasteiger partial charge in [0.15, 0.2) is 0 Å². The number of nitrogens with one attached hydrogen (secondary N) is 1. The van der Waals surface area contributed by atoms with E-state index in [0.717, 1.165) is 29.8 Å². The highest BCUT2D eigenvalue weighted by atomic mass is 16.5. The van der Waals surface area contributed by atoms with E-state index in [-0.39, 0.29) is 0 Å². The lowest BCUT2D eigenvalue weighted by molar-refractivity contribution is 0.268. The summed E-state index contributed by atoms with van der Waals surface area (Å²) >= 11 is 0. The zero-order valence-electron chi connectivity index (χ0n) is 11.4. The Hall–Kier alpha value is -1.38. The second-order valence-corrected chi connectivity index (χ2v) is 5.32. The fourth-order valence-corrected chi connectivity index (χ4v) is 2.81. The van der Waals surface area contributed by atoms with Crippen LogP contribution < -0.4 is 15.8 Å². The molecule has 3 heteroatoms. The molecule has 0 aromatic heterocycles. The van der Waals surface area contributed by atoms with E-state index in [1.165, 1.54) is 25.7 Å². The van der Waals surface area contributed by atoms with E-state index < -0.39 is 0 Å². The summed E-state index contributed by atoms with van der Waals surface area (Å²) in [6.45, 7) is 3.37. The Morgan fingerprint density at radius 2 is 2.11 bits per heavy atom. The molecule has 0 radical (unpaired) electrons. The van der Waals surface area contributed by atoms with Crippen LogP contribution in [0.2, 0.25) is 0 Å².